The van der Waals surface area contributed by atoms with Crippen LogP contribution < -0.4 is 0 Å². The molecule has 2 aliphatic heterocycles. The van der Waals surface area contributed by atoms with Gasteiger partial charge in [0.15, 0.2) is 0 Å². The molecule has 7 nitrogen and oxygen atoms in total. The topological polar surface area (TPSA) is 87.2 Å². The first-order valence-corrected chi connectivity index (χ1v) is 11.6. The quantitative estimate of drug-likeness (QED) is 0.676. The second kappa shape index (κ2) is 9.49. The van der Waals surface area contributed by atoms with E-state index in [2.05, 4.69) is 11.9 Å². The van der Waals surface area contributed by atoms with Crippen LogP contribution in [0, 0.1) is 11.3 Å². The molecule has 1 saturated carbocycles. The Kier molecular flexibility index (Phi) is 7.97. The van der Waals surface area contributed by atoms with Crippen molar-refractivity contribution < 1.29 is 36.2 Å². The SMILES string of the molecule is CCS(=O)(=O)N1CCC2(CC1)CC(COCC1CC1)N(C)C2.O=C(O)C(F)(F)F. The highest BCUT2D eigenvalue weighted by Gasteiger charge is 2.45. The van der Waals surface area contributed by atoms with Gasteiger partial charge in [-0.25, -0.2) is 17.5 Å². The van der Waals surface area contributed by atoms with Gasteiger partial charge in [0.05, 0.1) is 12.4 Å². The number of alkyl halides is 3. The molecule has 3 aliphatic rings. The van der Waals surface area contributed by atoms with Gasteiger partial charge < -0.3 is 14.7 Å². The van der Waals surface area contributed by atoms with Crippen molar-refractivity contribution in [2.75, 3.05) is 45.6 Å². The maximum Gasteiger partial charge on any atom is 0.490 e. The molecule has 0 bridgehead atoms. The molecule has 0 aromatic carbocycles. The van der Waals surface area contributed by atoms with Gasteiger partial charge in [-0.3, -0.25) is 0 Å². The molecule has 29 heavy (non-hydrogen) atoms. The number of hydrogen-bond donors (Lipinski definition) is 1. The van der Waals surface area contributed by atoms with Crippen LogP contribution in [0.5, 0.6) is 0 Å². The summed E-state index contributed by atoms with van der Waals surface area (Å²) in [5, 5.41) is 7.12. The number of rotatable bonds is 6. The molecule has 1 unspecified atom stereocenters. The second-order valence-electron chi connectivity index (χ2n) is 8.36. The molecule has 1 atom stereocenters. The first kappa shape index (κ1) is 24.4. The van der Waals surface area contributed by atoms with Crippen LogP contribution in [-0.4, -0.2) is 86.6 Å². The molecule has 2 saturated heterocycles. The van der Waals surface area contributed by atoms with Crippen molar-refractivity contribution in [1.82, 2.24) is 9.21 Å². The van der Waals surface area contributed by atoms with E-state index in [0.717, 1.165) is 44.9 Å². The molecule has 0 aromatic rings. The lowest BCUT2D eigenvalue weighted by atomic mass is 9.77. The summed E-state index contributed by atoms with van der Waals surface area (Å²) >= 11 is 0. The Bertz CT molecular complexity index is 659. The number of ether oxygens (including phenoxy) is 1. The fourth-order valence-electron chi connectivity index (χ4n) is 4.00. The molecule has 1 N–H and O–H groups in total. The molecule has 3 fully saturated rings. The van der Waals surface area contributed by atoms with Crippen molar-refractivity contribution in [3.05, 3.63) is 0 Å². The van der Waals surface area contributed by atoms with Gasteiger partial charge in [0.1, 0.15) is 0 Å². The molecular weight excluding hydrogens is 413 g/mol. The summed E-state index contributed by atoms with van der Waals surface area (Å²) in [6.07, 6.45) is 0.748. The Morgan fingerprint density at radius 3 is 2.21 bits per heavy atom. The van der Waals surface area contributed by atoms with Gasteiger partial charge in [0.2, 0.25) is 10.0 Å². The van der Waals surface area contributed by atoms with Crippen LogP contribution in [0.1, 0.15) is 39.0 Å². The first-order chi connectivity index (χ1) is 13.4. The molecule has 1 aliphatic carbocycles. The van der Waals surface area contributed by atoms with Crippen LogP contribution in [0.2, 0.25) is 0 Å². The van der Waals surface area contributed by atoms with Gasteiger partial charge in [-0.1, -0.05) is 0 Å². The maximum atomic E-state index is 12.0. The van der Waals surface area contributed by atoms with Gasteiger partial charge in [-0.05, 0) is 57.4 Å². The highest BCUT2D eigenvalue weighted by molar-refractivity contribution is 7.89. The minimum absolute atomic E-state index is 0.220. The molecule has 0 amide bonds. The van der Waals surface area contributed by atoms with Gasteiger partial charge in [0.25, 0.3) is 0 Å². The number of likely N-dealkylation sites (N-methyl/N-ethyl adjacent to an activating group) is 1. The van der Waals surface area contributed by atoms with E-state index in [1.54, 1.807) is 11.2 Å². The fraction of sp³-hybridized carbons (Fsp3) is 0.944. The first-order valence-electron chi connectivity index (χ1n) is 9.94. The minimum Gasteiger partial charge on any atom is -0.475 e. The lowest BCUT2D eigenvalue weighted by Gasteiger charge is -2.38. The maximum absolute atomic E-state index is 12.0. The van der Waals surface area contributed by atoms with E-state index in [0.29, 0.717) is 24.5 Å². The van der Waals surface area contributed by atoms with Crippen molar-refractivity contribution >= 4 is 16.0 Å². The Morgan fingerprint density at radius 2 is 1.76 bits per heavy atom. The van der Waals surface area contributed by atoms with Gasteiger partial charge in [0, 0.05) is 32.3 Å². The molecular formula is C18H31F3N2O5S. The Labute approximate surface area is 170 Å². The zero-order valence-electron chi connectivity index (χ0n) is 16.9. The molecule has 3 rings (SSSR count). The van der Waals surface area contributed by atoms with Gasteiger partial charge in [-0.15, -0.1) is 0 Å². The van der Waals surface area contributed by atoms with Gasteiger partial charge >= 0.3 is 12.1 Å². The third-order valence-electron chi connectivity index (χ3n) is 6.02. The van der Waals surface area contributed by atoms with Crippen LogP contribution in [0.4, 0.5) is 13.2 Å². The smallest absolute Gasteiger partial charge is 0.475 e. The van der Waals surface area contributed by atoms with Crippen LogP contribution >= 0.6 is 0 Å². The van der Waals surface area contributed by atoms with Crippen LogP contribution in [-0.2, 0) is 19.6 Å². The Balaban J connectivity index is 0.000000370. The minimum atomic E-state index is -5.08. The average molecular weight is 445 g/mol. The normalized spacial score (nSPS) is 25.6. The number of carboxylic acid groups (broad SMARTS) is 1. The highest BCUT2D eigenvalue weighted by Crippen LogP contribution is 2.43. The highest BCUT2D eigenvalue weighted by atomic mass is 32.2. The molecule has 11 heteroatoms. The predicted octanol–water partition coefficient (Wildman–Crippen LogP) is 2.18. The van der Waals surface area contributed by atoms with Crippen molar-refractivity contribution in [2.24, 2.45) is 11.3 Å². The lowest BCUT2D eigenvalue weighted by molar-refractivity contribution is -0.192. The third-order valence-corrected chi connectivity index (χ3v) is 7.90. The van der Waals surface area contributed by atoms with Crippen LogP contribution in [0.15, 0.2) is 0 Å². The van der Waals surface area contributed by atoms with E-state index < -0.39 is 22.2 Å². The molecule has 0 aromatic heterocycles. The van der Waals surface area contributed by atoms with Gasteiger partial charge in [-0.2, -0.15) is 13.2 Å². The van der Waals surface area contributed by atoms with E-state index in [9.17, 15) is 21.6 Å². The number of sulfonamides is 1. The summed E-state index contributed by atoms with van der Waals surface area (Å²) in [7, 11) is -0.827. The predicted molar refractivity (Wildman–Crippen MR) is 101 cm³/mol. The van der Waals surface area contributed by atoms with Crippen molar-refractivity contribution in [3.63, 3.8) is 0 Å². The summed E-state index contributed by atoms with van der Waals surface area (Å²) < 4.78 is 63.3. The van der Waals surface area contributed by atoms with Crippen molar-refractivity contribution in [2.45, 2.75) is 51.2 Å². The molecule has 0 radical (unpaired) electrons. The van der Waals surface area contributed by atoms with Crippen molar-refractivity contribution in [1.29, 1.82) is 0 Å². The lowest BCUT2D eigenvalue weighted by Crippen LogP contribution is -2.44. The number of halogens is 3. The summed E-state index contributed by atoms with van der Waals surface area (Å²) in [5.41, 5.74) is 0.308. The summed E-state index contributed by atoms with van der Waals surface area (Å²) in [6.45, 7) is 5.98. The zero-order chi connectivity index (χ0) is 21.9. The number of nitrogens with zero attached hydrogens (tertiary/aromatic N) is 2. The summed E-state index contributed by atoms with van der Waals surface area (Å²) in [4.78, 5) is 11.3. The number of likely N-dealkylation sites (tertiary alicyclic amines) is 1. The Morgan fingerprint density at radius 1 is 1.21 bits per heavy atom. The van der Waals surface area contributed by atoms with E-state index in [-0.39, 0.29) is 5.75 Å². The number of carboxylic acids is 1. The fourth-order valence-corrected chi connectivity index (χ4v) is 5.11. The number of aliphatic carboxylic acids is 1. The van der Waals surface area contributed by atoms with Crippen molar-refractivity contribution in [3.8, 4) is 0 Å². The largest absolute Gasteiger partial charge is 0.490 e. The molecule has 2 heterocycles. The van der Waals surface area contributed by atoms with Crippen LogP contribution in [0.3, 0.4) is 0 Å². The summed E-state index contributed by atoms with van der Waals surface area (Å²) in [6, 6.07) is 0.507. The third kappa shape index (κ3) is 7.08. The van der Waals surface area contributed by atoms with E-state index in [1.165, 1.54) is 12.8 Å². The number of hydrogen-bond acceptors (Lipinski definition) is 5. The second-order valence-corrected chi connectivity index (χ2v) is 10.6. The van der Waals surface area contributed by atoms with E-state index >= 15 is 0 Å². The number of carbonyl (C=O) groups is 1. The monoisotopic (exact) mass is 444 g/mol. The Hall–Kier alpha value is -0.910. The number of piperidine rings is 1. The summed E-state index contributed by atoms with van der Waals surface area (Å²) in [5.74, 6) is -1.71. The standard InChI is InChI=1S/C16H30N2O3S.C2HF3O2/c1-3-22(19,20)18-8-6-16(7-9-18)10-15(17(2)13-16)12-21-11-14-4-5-14;3-2(4,5)1(6)7/h14-15H,3-13H2,1-2H3;(H,6,7). The molecule has 1 spiro atoms. The average Bonchev–Trinajstić information content (AvgIpc) is 3.40. The zero-order valence-corrected chi connectivity index (χ0v) is 17.8. The van der Waals surface area contributed by atoms with Crippen LogP contribution in [0.25, 0.3) is 0 Å². The van der Waals surface area contributed by atoms with E-state index in [4.69, 9.17) is 14.6 Å². The van der Waals surface area contributed by atoms with E-state index in [1.807, 2.05) is 0 Å². The molecule has 170 valence electrons.